The number of para-hydroxylation sites is 1. The van der Waals surface area contributed by atoms with Gasteiger partial charge < -0.3 is 5.32 Å². The van der Waals surface area contributed by atoms with E-state index in [9.17, 15) is 0 Å². The van der Waals surface area contributed by atoms with E-state index in [0.717, 1.165) is 16.9 Å². The summed E-state index contributed by atoms with van der Waals surface area (Å²) in [5, 5.41) is 6.76. The largest absolute Gasteiger partial charge is 0.356 e. The Kier molecular flexibility index (Phi) is 4.62. The highest BCUT2D eigenvalue weighted by Crippen LogP contribution is 2.16. The molecule has 0 radical (unpaired) electrons. The van der Waals surface area contributed by atoms with Gasteiger partial charge in [-0.1, -0.05) is 47.6 Å². The molecule has 0 aliphatic heterocycles. The summed E-state index contributed by atoms with van der Waals surface area (Å²) in [5.74, 6) is 0. The molecule has 1 N–H and O–H groups in total. The molecule has 2 aromatic carbocycles. The summed E-state index contributed by atoms with van der Waals surface area (Å²) in [6, 6.07) is 18.1. The van der Waals surface area contributed by atoms with Crippen LogP contribution < -0.4 is 5.32 Å². The SMILES string of the molecule is [N-]=[N+]=NCC=Cc1ccc(Nc2ccccc2)cc1. The zero-order valence-corrected chi connectivity index (χ0v) is 10.4. The predicted molar refractivity (Wildman–Crippen MR) is 79.2 cm³/mol. The molecule has 2 rings (SSSR count). The second-order valence-corrected chi connectivity index (χ2v) is 3.93. The zero-order chi connectivity index (χ0) is 13.3. The maximum absolute atomic E-state index is 8.16. The van der Waals surface area contributed by atoms with E-state index in [1.165, 1.54) is 0 Å². The fourth-order valence-corrected chi connectivity index (χ4v) is 1.64. The summed E-state index contributed by atoms with van der Waals surface area (Å²) in [7, 11) is 0. The van der Waals surface area contributed by atoms with Gasteiger partial charge in [0.2, 0.25) is 0 Å². The van der Waals surface area contributed by atoms with Gasteiger partial charge in [0.05, 0.1) is 0 Å². The molecular formula is C15H14N4. The molecule has 0 aliphatic rings. The lowest BCUT2D eigenvalue weighted by Gasteiger charge is -2.06. The third kappa shape index (κ3) is 4.22. The van der Waals surface area contributed by atoms with E-state index >= 15 is 0 Å². The Morgan fingerprint density at radius 3 is 2.37 bits per heavy atom. The molecule has 0 bridgehead atoms. The lowest BCUT2D eigenvalue weighted by atomic mass is 10.2. The van der Waals surface area contributed by atoms with Gasteiger partial charge in [0.15, 0.2) is 0 Å². The number of rotatable bonds is 5. The lowest BCUT2D eigenvalue weighted by molar-refractivity contribution is 1.22. The van der Waals surface area contributed by atoms with Crippen molar-refractivity contribution in [3.8, 4) is 0 Å². The number of nitrogens with zero attached hydrogens (tertiary/aromatic N) is 3. The molecular weight excluding hydrogens is 236 g/mol. The summed E-state index contributed by atoms with van der Waals surface area (Å²) in [6.45, 7) is 0.376. The summed E-state index contributed by atoms with van der Waals surface area (Å²) in [5.41, 5.74) is 11.3. The molecule has 2 aromatic rings. The molecule has 4 heteroatoms. The van der Waals surface area contributed by atoms with Gasteiger partial charge in [-0.3, -0.25) is 0 Å². The van der Waals surface area contributed by atoms with Crippen molar-refractivity contribution in [2.45, 2.75) is 0 Å². The number of anilines is 2. The number of azide groups is 1. The van der Waals surface area contributed by atoms with Crippen molar-refractivity contribution in [2.24, 2.45) is 5.11 Å². The molecule has 19 heavy (non-hydrogen) atoms. The van der Waals surface area contributed by atoms with Gasteiger partial charge >= 0.3 is 0 Å². The highest BCUT2D eigenvalue weighted by Gasteiger charge is 1.93. The van der Waals surface area contributed by atoms with Gasteiger partial charge in [0.1, 0.15) is 0 Å². The van der Waals surface area contributed by atoms with Crippen LogP contribution >= 0.6 is 0 Å². The number of nitrogens with one attached hydrogen (secondary N) is 1. The first-order chi connectivity index (χ1) is 9.38. The Hall–Kier alpha value is -2.71. The molecule has 0 saturated carbocycles. The minimum atomic E-state index is 0.376. The van der Waals surface area contributed by atoms with Crippen LogP contribution in [-0.4, -0.2) is 6.54 Å². The highest BCUT2D eigenvalue weighted by atomic mass is 15.1. The van der Waals surface area contributed by atoms with Crippen molar-refractivity contribution in [2.75, 3.05) is 11.9 Å². The molecule has 94 valence electrons. The Labute approximate surface area is 112 Å². The maximum atomic E-state index is 8.16. The van der Waals surface area contributed by atoms with Crippen molar-refractivity contribution in [1.29, 1.82) is 0 Å². The molecule has 0 amide bonds. The Bertz CT molecular complexity index is 581. The van der Waals surface area contributed by atoms with Crippen LogP contribution in [0, 0.1) is 0 Å². The Morgan fingerprint density at radius 2 is 1.68 bits per heavy atom. The van der Waals surface area contributed by atoms with Gasteiger partial charge in [0.25, 0.3) is 0 Å². The molecule has 0 spiro atoms. The summed E-state index contributed by atoms with van der Waals surface area (Å²) >= 11 is 0. The first-order valence-corrected chi connectivity index (χ1v) is 5.98. The Morgan fingerprint density at radius 1 is 1.00 bits per heavy atom. The van der Waals surface area contributed by atoms with E-state index in [2.05, 4.69) is 15.3 Å². The number of hydrogen-bond acceptors (Lipinski definition) is 2. The average molecular weight is 250 g/mol. The van der Waals surface area contributed by atoms with Gasteiger partial charge in [-0.05, 0) is 35.4 Å². The number of hydrogen-bond donors (Lipinski definition) is 1. The quantitative estimate of drug-likeness (QED) is 0.464. The normalized spacial score (nSPS) is 10.1. The monoisotopic (exact) mass is 250 g/mol. The Balaban J connectivity index is 1.98. The summed E-state index contributed by atoms with van der Waals surface area (Å²) in [4.78, 5) is 2.69. The van der Waals surface area contributed by atoms with Gasteiger partial charge in [-0.2, -0.15) is 0 Å². The lowest BCUT2D eigenvalue weighted by Crippen LogP contribution is -1.89. The van der Waals surface area contributed by atoms with Crippen LogP contribution in [-0.2, 0) is 0 Å². The maximum Gasteiger partial charge on any atom is 0.0443 e. The van der Waals surface area contributed by atoms with E-state index < -0.39 is 0 Å². The van der Waals surface area contributed by atoms with Crippen LogP contribution in [0.2, 0.25) is 0 Å². The first kappa shape index (κ1) is 12.7. The molecule has 0 atom stereocenters. The third-order valence-corrected chi connectivity index (χ3v) is 2.53. The number of benzene rings is 2. The first-order valence-electron chi connectivity index (χ1n) is 5.98. The molecule has 0 unspecified atom stereocenters. The average Bonchev–Trinajstić information content (AvgIpc) is 2.46. The molecule has 0 saturated heterocycles. The standard InChI is InChI=1S/C15H14N4/c16-19-17-12-4-5-13-8-10-15(11-9-13)18-14-6-2-1-3-7-14/h1-11,18H,12H2. The highest BCUT2D eigenvalue weighted by molar-refractivity contribution is 5.62. The topological polar surface area (TPSA) is 60.8 Å². The minimum Gasteiger partial charge on any atom is -0.356 e. The van der Waals surface area contributed by atoms with Gasteiger partial charge in [0, 0.05) is 22.8 Å². The van der Waals surface area contributed by atoms with Crippen molar-refractivity contribution in [3.05, 3.63) is 76.7 Å². The van der Waals surface area contributed by atoms with E-state index in [4.69, 9.17) is 5.53 Å². The second-order valence-electron chi connectivity index (χ2n) is 3.93. The molecule has 0 aromatic heterocycles. The van der Waals surface area contributed by atoms with Crippen molar-refractivity contribution in [1.82, 2.24) is 0 Å². The van der Waals surface area contributed by atoms with Crippen molar-refractivity contribution >= 4 is 17.5 Å². The van der Waals surface area contributed by atoms with Gasteiger partial charge in [-0.25, -0.2) is 0 Å². The third-order valence-electron chi connectivity index (χ3n) is 2.53. The molecule has 0 aliphatic carbocycles. The van der Waals surface area contributed by atoms with Gasteiger partial charge in [-0.15, -0.1) is 0 Å². The van der Waals surface area contributed by atoms with Crippen LogP contribution in [0.4, 0.5) is 11.4 Å². The van der Waals surface area contributed by atoms with Crippen molar-refractivity contribution < 1.29 is 0 Å². The predicted octanol–water partition coefficient (Wildman–Crippen LogP) is 4.75. The summed E-state index contributed by atoms with van der Waals surface area (Å²) in [6.07, 6.45) is 3.76. The zero-order valence-electron chi connectivity index (χ0n) is 10.4. The van der Waals surface area contributed by atoms with E-state index in [-0.39, 0.29) is 0 Å². The van der Waals surface area contributed by atoms with E-state index in [1.54, 1.807) is 0 Å². The minimum absolute atomic E-state index is 0.376. The van der Waals surface area contributed by atoms with Crippen LogP contribution in [0.5, 0.6) is 0 Å². The molecule has 0 heterocycles. The van der Waals surface area contributed by atoms with Crippen LogP contribution in [0.3, 0.4) is 0 Å². The molecule has 4 nitrogen and oxygen atoms in total. The van der Waals surface area contributed by atoms with Crippen LogP contribution in [0.25, 0.3) is 16.5 Å². The van der Waals surface area contributed by atoms with Crippen molar-refractivity contribution in [3.63, 3.8) is 0 Å². The van der Waals surface area contributed by atoms with Crippen LogP contribution in [0.15, 0.2) is 65.8 Å². The summed E-state index contributed by atoms with van der Waals surface area (Å²) < 4.78 is 0. The van der Waals surface area contributed by atoms with E-state index in [1.807, 2.05) is 66.7 Å². The fraction of sp³-hybridized carbons (Fsp3) is 0.0667. The fourth-order valence-electron chi connectivity index (χ4n) is 1.64. The molecule has 0 fully saturated rings. The van der Waals surface area contributed by atoms with E-state index in [0.29, 0.717) is 6.54 Å². The van der Waals surface area contributed by atoms with Crippen LogP contribution in [0.1, 0.15) is 5.56 Å². The smallest absolute Gasteiger partial charge is 0.0443 e. The second kappa shape index (κ2) is 6.89.